The van der Waals surface area contributed by atoms with Crippen molar-refractivity contribution >= 4 is 23.3 Å². The van der Waals surface area contributed by atoms with E-state index in [0.29, 0.717) is 18.8 Å². The molecule has 6 nitrogen and oxygen atoms in total. The molecule has 1 amide bonds. The summed E-state index contributed by atoms with van der Waals surface area (Å²) in [4.78, 5) is 19.6. The Morgan fingerprint density at radius 2 is 2.29 bits per heavy atom. The molecule has 1 fully saturated rings. The van der Waals surface area contributed by atoms with Crippen molar-refractivity contribution in [3.8, 4) is 0 Å². The molecule has 1 atom stereocenters. The minimum atomic E-state index is -0.776. The molecule has 17 heavy (non-hydrogen) atoms. The third-order valence-electron chi connectivity index (χ3n) is 2.65. The molecule has 2 rings (SSSR count). The Morgan fingerprint density at radius 1 is 1.53 bits per heavy atom. The highest BCUT2D eigenvalue weighted by molar-refractivity contribution is 6.31. The Labute approximate surface area is 104 Å². The molecule has 1 aliphatic rings. The monoisotopic (exact) mass is 256 g/mol. The van der Waals surface area contributed by atoms with E-state index in [0.717, 1.165) is 6.42 Å². The highest BCUT2D eigenvalue weighted by Crippen LogP contribution is 2.25. The van der Waals surface area contributed by atoms with E-state index in [-0.39, 0.29) is 11.1 Å². The zero-order valence-electron chi connectivity index (χ0n) is 9.36. The summed E-state index contributed by atoms with van der Waals surface area (Å²) >= 11 is 5.78. The maximum atomic E-state index is 11.9. The SMILES string of the molecule is CC1(C(=O)NNc2nccnc2Cl)CCCO1. The zero-order valence-corrected chi connectivity index (χ0v) is 10.1. The molecule has 2 N–H and O–H groups in total. The molecule has 2 heterocycles. The minimum absolute atomic E-state index is 0.199. The number of ether oxygens (including phenoxy) is 1. The number of anilines is 1. The molecular formula is C10H13ClN4O2. The van der Waals surface area contributed by atoms with Gasteiger partial charge in [-0.05, 0) is 19.8 Å². The van der Waals surface area contributed by atoms with E-state index < -0.39 is 5.60 Å². The largest absolute Gasteiger partial charge is 0.365 e. The van der Waals surface area contributed by atoms with Gasteiger partial charge in [0, 0.05) is 19.0 Å². The molecule has 1 aromatic rings. The van der Waals surface area contributed by atoms with Crippen LogP contribution in [0, 0.1) is 0 Å². The zero-order chi connectivity index (χ0) is 12.3. The lowest BCUT2D eigenvalue weighted by molar-refractivity contribution is -0.138. The van der Waals surface area contributed by atoms with Gasteiger partial charge >= 0.3 is 0 Å². The van der Waals surface area contributed by atoms with E-state index >= 15 is 0 Å². The predicted molar refractivity (Wildman–Crippen MR) is 62.4 cm³/mol. The van der Waals surface area contributed by atoms with Gasteiger partial charge in [-0.15, -0.1) is 0 Å². The molecule has 0 bridgehead atoms. The van der Waals surface area contributed by atoms with Crippen molar-refractivity contribution in [2.24, 2.45) is 0 Å². The van der Waals surface area contributed by atoms with Crippen molar-refractivity contribution in [1.29, 1.82) is 0 Å². The van der Waals surface area contributed by atoms with Crippen molar-refractivity contribution < 1.29 is 9.53 Å². The molecule has 0 saturated carbocycles. The van der Waals surface area contributed by atoms with Gasteiger partial charge in [0.25, 0.3) is 5.91 Å². The van der Waals surface area contributed by atoms with Crippen LogP contribution in [0.1, 0.15) is 19.8 Å². The molecule has 1 unspecified atom stereocenters. The number of hydrogen-bond acceptors (Lipinski definition) is 5. The summed E-state index contributed by atoms with van der Waals surface area (Å²) in [7, 11) is 0. The van der Waals surface area contributed by atoms with Gasteiger partial charge in [0.05, 0.1) is 0 Å². The van der Waals surface area contributed by atoms with Crippen molar-refractivity contribution in [3.05, 3.63) is 17.5 Å². The quantitative estimate of drug-likeness (QED) is 0.794. The molecule has 0 aliphatic carbocycles. The number of halogens is 1. The maximum absolute atomic E-state index is 11.9. The fourth-order valence-corrected chi connectivity index (χ4v) is 1.76. The number of carbonyl (C=O) groups excluding carboxylic acids is 1. The van der Waals surface area contributed by atoms with Crippen LogP contribution in [0.25, 0.3) is 0 Å². The Hall–Kier alpha value is -1.40. The Morgan fingerprint density at radius 3 is 2.94 bits per heavy atom. The van der Waals surface area contributed by atoms with Crippen molar-refractivity contribution in [2.75, 3.05) is 12.0 Å². The molecule has 0 spiro atoms. The second-order valence-electron chi connectivity index (χ2n) is 3.96. The van der Waals surface area contributed by atoms with Crippen LogP contribution >= 0.6 is 11.6 Å². The molecule has 7 heteroatoms. The van der Waals surface area contributed by atoms with Crippen LogP contribution in [0.5, 0.6) is 0 Å². The third-order valence-corrected chi connectivity index (χ3v) is 2.92. The number of aromatic nitrogens is 2. The second kappa shape index (κ2) is 4.85. The molecule has 0 radical (unpaired) electrons. The Balaban J connectivity index is 1.94. The van der Waals surface area contributed by atoms with Gasteiger partial charge in [0.2, 0.25) is 0 Å². The Bertz CT molecular complexity index is 421. The summed E-state index contributed by atoms with van der Waals surface area (Å²) in [5.41, 5.74) is 4.37. The van der Waals surface area contributed by atoms with Crippen LogP contribution in [-0.4, -0.2) is 28.1 Å². The van der Waals surface area contributed by atoms with Gasteiger partial charge < -0.3 is 4.74 Å². The van der Waals surface area contributed by atoms with Gasteiger partial charge in [0.1, 0.15) is 5.60 Å². The second-order valence-corrected chi connectivity index (χ2v) is 4.32. The summed E-state index contributed by atoms with van der Waals surface area (Å²) in [5.74, 6) is 0.0702. The lowest BCUT2D eigenvalue weighted by atomic mass is 10.0. The number of carbonyl (C=O) groups is 1. The first kappa shape index (κ1) is 12.1. The van der Waals surface area contributed by atoms with Crippen LogP contribution in [0.4, 0.5) is 5.82 Å². The van der Waals surface area contributed by atoms with E-state index in [2.05, 4.69) is 20.8 Å². The molecule has 92 valence electrons. The van der Waals surface area contributed by atoms with Crippen LogP contribution < -0.4 is 10.9 Å². The van der Waals surface area contributed by atoms with Gasteiger partial charge in [-0.1, -0.05) is 11.6 Å². The van der Waals surface area contributed by atoms with E-state index in [1.165, 1.54) is 12.4 Å². The summed E-state index contributed by atoms with van der Waals surface area (Å²) < 4.78 is 5.40. The van der Waals surface area contributed by atoms with E-state index in [4.69, 9.17) is 16.3 Å². The predicted octanol–water partition coefficient (Wildman–Crippen LogP) is 1.14. The summed E-state index contributed by atoms with van der Waals surface area (Å²) in [6.45, 7) is 2.37. The average molecular weight is 257 g/mol. The lowest BCUT2D eigenvalue weighted by Crippen LogP contribution is -2.46. The number of nitrogens with one attached hydrogen (secondary N) is 2. The first-order valence-electron chi connectivity index (χ1n) is 5.29. The topological polar surface area (TPSA) is 76.1 Å². The first-order chi connectivity index (χ1) is 8.12. The minimum Gasteiger partial charge on any atom is -0.365 e. The summed E-state index contributed by atoms with van der Waals surface area (Å²) in [6, 6.07) is 0. The van der Waals surface area contributed by atoms with Gasteiger partial charge in [-0.2, -0.15) is 0 Å². The third kappa shape index (κ3) is 2.65. The van der Waals surface area contributed by atoms with Crippen LogP contribution in [-0.2, 0) is 9.53 Å². The van der Waals surface area contributed by atoms with Crippen molar-refractivity contribution in [1.82, 2.24) is 15.4 Å². The van der Waals surface area contributed by atoms with Gasteiger partial charge in [0.15, 0.2) is 11.0 Å². The van der Waals surface area contributed by atoms with E-state index in [1.54, 1.807) is 6.92 Å². The normalized spacial score (nSPS) is 23.4. The first-order valence-corrected chi connectivity index (χ1v) is 5.66. The molecule has 1 saturated heterocycles. The molecule has 1 aromatic heterocycles. The maximum Gasteiger partial charge on any atom is 0.270 e. The van der Waals surface area contributed by atoms with Gasteiger partial charge in [-0.3, -0.25) is 15.6 Å². The van der Waals surface area contributed by atoms with E-state index in [9.17, 15) is 4.79 Å². The number of rotatable bonds is 3. The van der Waals surface area contributed by atoms with E-state index in [1.807, 2.05) is 0 Å². The Kier molecular flexibility index (Phi) is 3.44. The number of amides is 1. The molecule has 0 aromatic carbocycles. The van der Waals surface area contributed by atoms with Crippen molar-refractivity contribution in [2.45, 2.75) is 25.4 Å². The smallest absolute Gasteiger partial charge is 0.270 e. The molecule has 1 aliphatic heterocycles. The van der Waals surface area contributed by atoms with Crippen LogP contribution in [0.15, 0.2) is 12.4 Å². The molecular weight excluding hydrogens is 244 g/mol. The highest BCUT2D eigenvalue weighted by atomic mass is 35.5. The summed E-state index contributed by atoms with van der Waals surface area (Å²) in [6.07, 6.45) is 4.54. The van der Waals surface area contributed by atoms with Crippen LogP contribution in [0.3, 0.4) is 0 Å². The number of nitrogens with zero attached hydrogens (tertiary/aromatic N) is 2. The number of hydrogen-bond donors (Lipinski definition) is 2. The summed E-state index contributed by atoms with van der Waals surface area (Å²) in [5, 5.41) is 0.199. The fourth-order valence-electron chi connectivity index (χ4n) is 1.61. The highest BCUT2D eigenvalue weighted by Gasteiger charge is 2.37. The average Bonchev–Trinajstić information content (AvgIpc) is 2.76. The van der Waals surface area contributed by atoms with Gasteiger partial charge in [-0.25, -0.2) is 9.97 Å². The van der Waals surface area contributed by atoms with Crippen LogP contribution in [0.2, 0.25) is 5.15 Å². The standard InChI is InChI=1S/C10H13ClN4O2/c1-10(3-2-6-17-10)9(16)15-14-8-7(11)12-4-5-13-8/h4-5H,2-3,6H2,1H3,(H,13,14)(H,15,16). The fraction of sp³-hybridized carbons (Fsp3) is 0.500. The van der Waals surface area contributed by atoms with Crippen molar-refractivity contribution in [3.63, 3.8) is 0 Å². The number of hydrazine groups is 1. The lowest BCUT2D eigenvalue weighted by Gasteiger charge is -2.22.